The first-order valence-electron chi connectivity index (χ1n) is 38.3. The highest BCUT2D eigenvalue weighted by Gasteiger charge is 2.82. The topological polar surface area (TPSA) is 55.3 Å². The van der Waals surface area contributed by atoms with E-state index >= 15 is 0 Å². The van der Waals surface area contributed by atoms with Crippen LogP contribution in [0.4, 0.5) is 0 Å². The number of hydrogen-bond donors (Lipinski definition) is 0. The Labute approximate surface area is 554 Å². The molecule has 3 spiro atoms. The number of fused-ring (bicyclic) bond motifs is 5. The second-order valence-electron chi connectivity index (χ2n) is 37.5. The smallest absolute Gasteiger partial charge is 0.340 e. The predicted octanol–water partition coefficient (Wildman–Crippen LogP) is 23.5. The van der Waals surface area contributed by atoms with Crippen LogP contribution in [0.3, 0.4) is 0 Å². The van der Waals surface area contributed by atoms with Gasteiger partial charge in [-0.3, -0.25) is 14.9 Å². The summed E-state index contributed by atoms with van der Waals surface area (Å²) < 4.78 is 7.09. The molecule has 5 fully saturated rings. The average molecular weight is 1250 g/mol. The first-order valence-corrected chi connectivity index (χ1v) is 38.3. The van der Waals surface area contributed by atoms with Gasteiger partial charge < -0.3 is 4.74 Å². The lowest BCUT2D eigenvalue weighted by atomic mass is 9.38. The summed E-state index contributed by atoms with van der Waals surface area (Å²) in [4.78, 5) is 27.2. The van der Waals surface area contributed by atoms with Crippen LogP contribution in [0.25, 0.3) is 302 Å². The van der Waals surface area contributed by atoms with E-state index in [9.17, 15) is 4.79 Å². The predicted molar refractivity (Wildman–Crippen MR) is 407 cm³/mol. The molecule has 99 heavy (non-hydrogen) atoms. The number of likely N-dealkylation sites (N-methyl/N-ethyl adjacent to an activating group) is 1. The second-order valence-corrected chi connectivity index (χ2v) is 37.5. The zero-order valence-corrected chi connectivity index (χ0v) is 54.3. The molecule has 0 N–H and O–H groups in total. The van der Waals surface area contributed by atoms with Crippen molar-refractivity contribution in [2.24, 2.45) is 34.5 Å². The Morgan fingerprint density at radius 3 is 1.18 bits per heavy atom. The summed E-state index contributed by atoms with van der Waals surface area (Å²) in [6.07, 6.45) is 15.2. The monoisotopic (exact) mass is 1250 g/mol. The van der Waals surface area contributed by atoms with E-state index in [0.717, 1.165) is 43.6 Å². The van der Waals surface area contributed by atoms with E-state index in [1.165, 1.54) is 38.5 Å². The van der Waals surface area contributed by atoms with Crippen molar-refractivity contribution < 1.29 is 9.53 Å². The van der Waals surface area contributed by atoms with Crippen LogP contribution < -0.4 is 0 Å². The van der Waals surface area contributed by atoms with Crippen LogP contribution in [0.15, 0.2) is 42.7 Å². The Hall–Kier alpha value is -9.81. The molecule has 0 amide bonds. The van der Waals surface area contributed by atoms with E-state index in [4.69, 9.17) is 9.72 Å². The first kappa shape index (κ1) is 43.6. The molecule has 0 bridgehead atoms. The minimum absolute atomic E-state index is 0.0833. The fourth-order valence-electron chi connectivity index (χ4n) is 35.6. The average Bonchev–Trinajstić information content (AvgIpc) is 1.38. The van der Waals surface area contributed by atoms with Crippen molar-refractivity contribution in [3.8, 4) is 11.4 Å². The number of ether oxygens (including phenoxy) is 1. The number of likely N-dealkylation sites (tertiary alicyclic amines) is 1. The molecule has 3 heterocycles. The molecule has 0 radical (unpaired) electrons. The van der Waals surface area contributed by atoms with Gasteiger partial charge in [0.1, 0.15) is 5.60 Å². The van der Waals surface area contributed by atoms with Crippen LogP contribution in [0.2, 0.25) is 0 Å². The van der Waals surface area contributed by atoms with E-state index in [2.05, 4.69) is 37.7 Å². The third kappa shape index (κ3) is 2.83. The summed E-state index contributed by atoms with van der Waals surface area (Å²) in [6.45, 7) is 8.88. The van der Waals surface area contributed by atoms with Crippen molar-refractivity contribution >= 4 is 297 Å². The summed E-state index contributed by atoms with van der Waals surface area (Å²) in [6, 6.07) is 9.75. The molecule has 5 nitrogen and oxygen atoms in total. The number of carbonyl (C=O) groups is 1. The molecule has 8 aliphatic carbocycles. The fourth-order valence-corrected chi connectivity index (χ4v) is 35.6. The van der Waals surface area contributed by atoms with Crippen molar-refractivity contribution in [1.29, 1.82) is 0 Å². The largest absolute Gasteiger partial charge is 0.455 e. The van der Waals surface area contributed by atoms with Gasteiger partial charge in [-0.2, -0.15) is 0 Å². The van der Waals surface area contributed by atoms with E-state index in [1.807, 2.05) is 52.6 Å². The number of aromatic nitrogens is 2. The standard InChI is InChI=1S/C94H45N3O2/c1-5-92(99-88(98)23-9-12-29(96-21-23)28-8-6-7-19-95-28)16-14-27-25-11-10-24-20-91(18-17-89(24,2)26(25)13-15-90(27,92)3)94-86-80-74-64-52-44-36-32-30-31-34-38(36)46(52)56-50-42(34)43-35(31)39-37-33(30)41-40(32)48-54(44)62-68-58(48)59-49(41)55-45(37)53-47(39)57-51(43)61-60(50)72(66(56)74)82(86)83-73(61)67(57)75-65(53)71-63(55)69(59)77-76(68)84(78(80)70(62)64)93(94,22-97(91)4)85(77)79(71)81(75)87(83)94/h6-9,12,19,21,24-27H,5,10-11,13-18,20,22H2,1-4H3/t24-,25+,26-,27-,89-,90-,91?,92-,93?,94?/m0/s1. The molecular formula is C94H45N3O2. The van der Waals surface area contributed by atoms with Crippen LogP contribution in [0.1, 0.15) is 118 Å². The van der Waals surface area contributed by atoms with Crippen molar-refractivity contribution in [1.82, 2.24) is 14.9 Å². The van der Waals surface area contributed by atoms with Crippen LogP contribution in [-0.2, 0) is 15.6 Å². The van der Waals surface area contributed by atoms with Crippen LogP contribution >= 0.6 is 0 Å². The highest BCUT2D eigenvalue weighted by molar-refractivity contribution is 6.82. The highest BCUT2D eigenvalue weighted by Crippen LogP contribution is 2.89. The molecule has 448 valence electrons. The van der Waals surface area contributed by atoms with Gasteiger partial charge in [0.2, 0.25) is 0 Å². The molecule has 4 saturated carbocycles. The summed E-state index contributed by atoms with van der Waals surface area (Å²) in [5.74, 6) is 2.21. The lowest BCUT2D eigenvalue weighted by Gasteiger charge is -2.66. The van der Waals surface area contributed by atoms with Gasteiger partial charge >= 0.3 is 5.97 Å². The Balaban J connectivity index is 0.665. The summed E-state index contributed by atoms with van der Waals surface area (Å²) in [5, 5.41) is 91.6. The Morgan fingerprint density at radius 2 is 0.808 bits per heavy atom. The van der Waals surface area contributed by atoms with E-state index < -0.39 is 5.60 Å². The molecule has 9 aliphatic rings. The second kappa shape index (κ2) is 10.9. The molecule has 8 atom stereocenters. The minimum Gasteiger partial charge on any atom is -0.455 e. The summed E-state index contributed by atoms with van der Waals surface area (Å²) in [7, 11) is 2.75. The third-order valence-electron chi connectivity index (χ3n) is 37.2. The number of carbonyl (C=O) groups excluding carboxylic acids is 1. The Kier molecular flexibility index (Phi) is 4.79. The molecule has 28 aromatic carbocycles. The Bertz CT molecular complexity index is 8650. The summed E-state index contributed by atoms with van der Waals surface area (Å²) in [5.41, 5.74) is 8.50. The lowest BCUT2D eigenvalue weighted by molar-refractivity contribution is -0.166. The van der Waals surface area contributed by atoms with Gasteiger partial charge in [0.25, 0.3) is 0 Å². The Morgan fingerprint density at radius 1 is 0.424 bits per heavy atom. The number of pyridine rings is 2. The highest BCUT2D eigenvalue weighted by atomic mass is 16.6. The van der Waals surface area contributed by atoms with Crippen LogP contribution in [0.5, 0.6) is 0 Å². The molecule has 1 aliphatic heterocycles. The lowest BCUT2D eigenvalue weighted by Crippen LogP contribution is -2.66. The number of esters is 1. The molecule has 30 aromatic rings. The quantitative estimate of drug-likeness (QED) is 0.130. The van der Waals surface area contributed by atoms with E-state index in [1.54, 1.807) is 303 Å². The van der Waals surface area contributed by atoms with Crippen molar-refractivity contribution in [2.45, 2.75) is 107 Å². The first-order chi connectivity index (χ1) is 48.7. The molecule has 5 heteroatoms. The van der Waals surface area contributed by atoms with Crippen molar-refractivity contribution in [3.63, 3.8) is 0 Å². The zero-order chi connectivity index (χ0) is 61.5. The molecular weight excluding hydrogens is 1200 g/mol. The van der Waals surface area contributed by atoms with Gasteiger partial charge in [0.15, 0.2) is 0 Å². The maximum atomic E-state index is 14.6. The number of benzene rings is 18. The SMILES string of the molecule is CC[C@]1(OC(=O)c2ccc(-c3ccccn3)nc2)CC[C@H]2[C@@H]3CC[C@H]4CC5(CC[C@]4(C)[C@H]3CC[C@@]21C)N(C)CC12c3c4c6c7c8c9c(c%10c%11c1c1c3c3c%12c4c4c6c6c8c8c%13c9c9c%10c%10c%11c%11c1c1c3c3c%12c%12c4c4c6c8c6c8c%13c9c9c%10c%10c%11c1c1c3c3c%12c4c6c4c8c9c%10c1c34)C725. The zero-order valence-electron chi connectivity index (χ0n) is 54.3. The van der Waals surface area contributed by atoms with Gasteiger partial charge in [0, 0.05) is 29.9 Å². The number of rotatable bonds is 4. The van der Waals surface area contributed by atoms with Crippen molar-refractivity contribution in [3.05, 3.63) is 70.5 Å². The maximum absolute atomic E-state index is 14.6. The minimum atomic E-state index is -0.501. The molecule has 1 unspecified atom stereocenters. The van der Waals surface area contributed by atoms with Crippen molar-refractivity contribution in [2.75, 3.05) is 13.6 Å². The van der Waals surface area contributed by atoms with Crippen LogP contribution in [0, 0.1) is 34.5 Å². The molecule has 2 aromatic heterocycles. The van der Waals surface area contributed by atoms with Gasteiger partial charge in [-0.25, -0.2) is 4.79 Å². The van der Waals surface area contributed by atoms with Crippen LogP contribution in [-0.4, -0.2) is 45.6 Å². The van der Waals surface area contributed by atoms with Gasteiger partial charge in [-0.05, 0) is 438 Å². The van der Waals surface area contributed by atoms with Gasteiger partial charge in [-0.1, -0.05) is 26.8 Å². The number of hydrogen-bond acceptors (Lipinski definition) is 5. The van der Waals surface area contributed by atoms with E-state index in [0.29, 0.717) is 29.2 Å². The molecule has 1 saturated heterocycles. The maximum Gasteiger partial charge on any atom is 0.340 e. The summed E-state index contributed by atoms with van der Waals surface area (Å²) >= 11 is 0. The van der Waals surface area contributed by atoms with Gasteiger partial charge in [0.05, 0.1) is 27.8 Å². The normalized spacial score (nSPS) is 31.3. The third-order valence-corrected chi connectivity index (χ3v) is 37.2. The van der Waals surface area contributed by atoms with Gasteiger partial charge in [-0.15, -0.1) is 0 Å². The molecule has 39 rings (SSSR count). The number of nitrogens with zero attached hydrogens (tertiary/aromatic N) is 3. The van der Waals surface area contributed by atoms with E-state index in [-0.39, 0.29) is 33.2 Å². The fraction of sp³-hybridized carbons (Fsp3) is 0.266.